The van der Waals surface area contributed by atoms with Gasteiger partial charge in [0.2, 0.25) is 6.71 Å². The third-order valence-electron chi connectivity index (χ3n) is 20.7. The summed E-state index contributed by atoms with van der Waals surface area (Å²) in [5.41, 5.74) is 25.9. The number of hydrogen-bond donors (Lipinski definition) is 1. The summed E-state index contributed by atoms with van der Waals surface area (Å²) in [6, 6.07) is 103. The summed E-state index contributed by atoms with van der Waals surface area (Å²) in [5.74, 6) is 21.7. The topological polar surface area (TPSA) is 134 Å². The SMILES string of the molecule is CC(=O)C=C(C)O.CN1[CH-]N(c2[c-]cccc2)c2ccccc21.Cc1cccc(C)c1B1C=[C-]N(c2ccccn2)C=C1.Cc1cccc(C)c1N1C=[C-]B(c2ccccn2)C=C1.Cc1cccc(C)c1N1C=[C-]B(c2ccccn2)C=C1.Cc1cccc(C)c1N1C=[C-]B(c2ccccn2)C=C1.[Ir+3].[Ir].[Ir].[Ir].[c-]1ccccc1-c1ccccn1.[c-]1ccccc1-c1ccccn1. The molecule has 131 heavy (non-hydrogen) atoms. The third-order valence-corrected chi connectivity index (χ3v) is 20.7. The molecule has 14 nitrogen and oxygen atoms in total. The number of allylic oxidation sites excluding steroid dienone is 2. The first-order chi connectivity index (χ1) is 61.9. The summed E-state index contributed by atoms with van der Waals surface area (Å²) in [6.07, 6.45) is 29.7. The zero-order valence-corrected chi connectivity index (χ0v) is 84.6. The normalized spacial score (nSPS) is 12.6. The molecule has 0 spiro atoms. The van der Waals surface area contributed by atoms with E-state index in [0.29, 0.717) is 0 Å². The van der Waals surface area contributed by atoms with Gasteiger partial charge in [0, 0.05) is 138 Å². The van der Waals surface area contributed by atoms with Crippen molar-refractivity contribution in [2.45, 2.75) is 69.2 Å². The van der Waals surface area contributed by atoms with Crippen molar-refractivity contribution in [2.24, 2.45) is 0 Å². The van der Waals surface area contributed by atoms with Gasteiger partial charge in [-0.2, -0.15) is 55.6 Å². The van der Waals surface area contributed by atoms with Gasteiger partial charge in [-0.3, -0.25) is 19.7 Å². The first kappa shape index (κ1) is 104. The fraction of sp³-hybridized carbons (Fsp3) is 0.101. The minimum atomic E-state index is -0.125. The van der Waals surface area contributed by atoms with Gasteiger partial charge in [-0.15, -0.1) is 120 Å². The molecule has 5 aliphatic heterocycles. The smallest absolute Gasteiger partial charge is 0.512 e. The van der Waals surface area contributed by atoms with E-state index in [2.05, 4.69) is 317 Å². The van der Waals surface area contributed by atoms with E-state index in [4.69, 9.17) is 5.11 Å². The molecule has 22 heteroatoms. The van der Waals surface area contributed by atoms with Crippen molar-refractivity contribution in [1.29, 1.82) is 0 Å². The molecule has 0 aliphatic carbocycles. The first-order valence-electron chi connectivity index (χ1n) is 42.1. The Kier molecular flexibility index (Phi) is 42.9. The van der Waals surface area contributed by atoms with Crippen LogP contribution in [-0.4, -0.2) is 74.7 Å². The van der Waals surface area contributed by atoms with Crippen LogP contribution in [-0.2, 0) is 85.2 Å². The summed E-state index contributed by atoms with van der Waals surface area (Å²) in [6.45, 7) is 22.8. The number of anilines is 7. The van der Waals surface area contributed by atoms with Crippen molar-refractivity contribution < 1.29 is 90.3 Å². The van der Waals surface area contributed by atoms with Crippen LogP contribution < -0.4 is 51.6 Å². The van der Waals surface area contributed by atoms with Crippen LogP contribution in [0.3, 0.4) is 0 Å². The minimum Gasteiger partial charge on any atom is -0.512 e. The van der Waals surface area contributed by atoms with Gasteiger partial charge in [0.05, 0.1) is 25.9 Å². The Labute approximate surface area is 830 Å². The third kappa shape index (κ3) is 30.5. The molecule has 8 aromatic carbocycles. The van der Waals surface area contributed by atoms with Crippen LogP contribution in [0.5, 0.6) is 0 Å². The van der Waals surface area contributed by atoms with Crippen LogP contribution in [0, 0.1) is 104 Å². The van der Waals surface area contributed by atoms with E-state index in [0.717, 1.165) is 50.8 Å². The fourth-order valence-corrected chi connectivity index (χ4v) is 14.6. The van der Waals surface area contributed by atoms with Crippen LogP contribution in [0.4, 0.5) is 39.9 Å². The second kappa shape index (κ2) is 54.2. The predicted molar refractivity (Wildman–Crippen MR) is 531 cm³/mol. The number of benzene rings is 8. The number of carbonyl (C=O) groups excluding carboxylic acids is 1. The zero-order chi connectivity index (χ0) is 89.1. The molecule has 3 radical (unpaired) electrons. The Morgan fingerprint density at radius 1 is 0.382 bits per heavy atom. The van der Waals surface area contributed by atoms with E-state index in [1.807, 2.05) is 224 Å². The molecule has 6 aromatic heterocycles. The molecule has 0 bridgehead atoms. The molecule has 11 heterocycles. The summed E-state index contributed by atoms with van der Waals surface area (Å²) < 4.78 is 0. The van der Waals surface area contributed by atoms with Gasteiger partial charge in [-0.1, -0.05) is 174 Å². The van der Waals surface area contributed by atoms with Crippen molar-refractivity contribution >= 4 is 94.8 Å². The average molecular weight is 2420 g/mol. The van der Waals surface area contributed by atoms with Crippen LogP contribution >= 0.6 is 0 Å². The standard InChI is InChI=1S/4C17H16BN2.C14H12N2.2C11H8N.C5H8O2.4Ir/c1-14-6-5-7-15(2)17(14)18-9-12-20(13-10-18)16-8-3-4-11-19-16;3*1-14-6-5-7-15(2)17(14)20-12-9-18(10-13-20)16-8-3-4-11-19-16;1-15-11-16(12-7-3-2-4-8-12)14-10-6-5-9-13(14)15;2*1-2-6-10(7-3-1)11-8-4-5-9-12-11;1-4(6)3-5(2)7;;;;/h3-12H,1-2H3;3*3-9,11-13H,1-2H3;2-7,9-11H,1H3;2*1-6,8-9H;3,6H,1-2H3;;;;/q4*-1;-2;2*-1;;;;;+3. The van der Waals surface area contributed by atoms with Gasteiger partial charge in [0.1, 0.15) is 0 Å². The number of pyridine rings is 6. The van der Waals surface area contributed by atoms with E-state index in [-0.39, 0.29) is 119 Å². The van der Waals surface area contributed by atoms with Crippen LogP contribution in [0.2, 0.25) is 0 Å². The molecule has 0 unspecified atom stereocenters. The largest absolute Gasteiger partial charge is 3.00 e. The van der Waals surface area contributed by atoms with E-state index < -0.39 is 0 Å². The van der Waals surface area contributed by atoms with Gasteiger partial charge in [0.15, 0.2) is 5.78 Å². The minimum absolute atomic E-state index is 0. The molecule has 0 saturated carbocycles. The van der Waals surface area contributed by atoms with Crippen molar-refractivity contribution in [3.63, 3.8) is 0 Å². The van der Waals surface area contributed by atoms with Crippen molar-refractivity contribution in [3.05, 3.63) is 495 Å². The Bertz CT molecular complexity index is 5370. The molecule has 661 valence electrons. The van der Waals surface area contributed by atoms with Crippen LogP contribution in [0.1, 0.15) is 58.4 Å². The summed E-state index contributed by atoms with van der Waals surface area (Å²) in [7, 11) is 2.06. The quantitative estimate of drug-likeness (QED) is 0.0538. The number of aryl methyl sites for hydroxylation is 8. The van der Waals surface area contributed by atoms with Crippen molar-refractivity contribution in [1.82, 2.24) is 29.9 Å². The van der Waals surface area contributed by atoms with Gasteiger partial charge < -0.3 is 67.4 Å². The van der Waals surface area contributed by atoms with E-state index in [1.54, 1.807) is 18.6 Å². The number of rotatable bonds is 12. The monoisotopic (exact) mass is 2420 g/mol. The average Bonchev–Trinajstić information content (AvgIpc) is 1.67. The number of carbonyl (C=O) groups is 1. The number of aliphatic hydroxyl groups is 1. The Morgan fingerprint density at radius 3 is 1.05 bits per heavy atom. The predicted octanol–water partition coefficient (Wildman–Crippen LogP) is 20.6. The second-order valence-electron chi connectivity index (χ2n) is 30.3. The Hall–Kier alpha value is -12.6. The van der Waals surface area contributed by atoms with Crippen molar-refractivity contribution in [2.75, 3.05) is 36.4 Å². The van der Waals surface area contributed by atoms with E-state index >= 15 is 0 Å². The van der Waals surface area contributed by atoms with Crippen LogP contribution in [0.25, 0.3) is 22.5 Å². The van der Waals surface area contributed by atoms with Gasteiger partial charge in [-0.25, -0.2) is 0 Å². The molecule has 14 aromatic rings. The van der Waals surface area contributed by atoms with Crippen molar-refractivity contribution in [3.8, 4) is 22.5 Å². The number of nitrogens with zero attached hydrogens (tertiary/aromatic N) is 12. The first-order valence-corrected chi connectivity index (χ1v) is 42.1. The molecule has 19 rings (SSSR count). The zero-order valence-electron chi connectivity index (χ0n) is 75.0. The molecule has 0 fully saturated rings. The molecular formula is C109H100B4Ir4N12O2-5. The molecule has 0 atom stereocenters. The second-order valence-corrected chi connectivity index (χ2v) is 30.3. The molecule has 0 amide bonds. The summed E-state index contributed by atoms with van der Waals surface area (Å²) in [5, 5.41) is 8.36. The maximum Gasteiger partial charge on any atom is 3.00 e. The Morgan fingerprint density at radius 2 is 0.740 bits per heavy atom. The molecule has 1 N–H and O–H groups in total. The maximum atomic E-state index is 10.0. The molecule has 5 aliphatic rings. The Balaban J connectivity index is 0.000000186. The molecule has 0 saturated heterocycles. The number of aromatic nitrogens is 6. The van der Waals surface area contributed by atoms with Gasteiger partial charge in [0.25, 0.3) is 0 Å². The number of aliphatic hydroxyl groups excluding tert-OH is 1. The van der Waals surface area contributed by atoms with Gasteiger partial charge in [-0.05, 0) is 205 Å². The number of fused-ring (bicyclic) bond motifs is 1. The number of ketones is 1. The summed E-state index contributed by atoms with van der Waals surface area (Å²) in [4.78, 5) is 48.5. The molecular weight excluding hydrogens is 2320 g/mol. The number of hydrogen-bond acceptors (Lipinski definition) is 14. The number of para-hydroxylation sites is 6. The maximum absolute atomic E-state index is 10.0. The van der Waals surface area contributed by atoms with Gasteiger partial charge >= 0.3 is 20.1 Å². The van der Waals surface area contributed by atoms with Crippen LogP contribution in [0.15, 0.2) is 401 Å². The summed E-state index contributed by atoms with van der Waals surface area (Å²) >= 11 is 0. The van der Waals surface area contributed by atoms with E-state index in [9.17, 15) is 4.79 Å². The fourth-order valence-electron chi connectivity index (χ4n) is 14.6. The van der Waals surface area contributed by atoms with E-state index in [1.165, 1.54) is 98.3 Å².